The number of methoxy groups -OCH3 is 1. The summed E-state index contributed by atoms with van der Waals surface area (Å²) in [4.78, 5) is 20.8. The number of aromatic nitrogens is 1. The maximum atomic E-state index is 12.6. The maximum Gasteiger partial charge on any atom is 0.254 e. The molecule has 0 spiro atoms. The quantitative estimate of drug-likeness (QED) is 0.836. The van der Waals surface area contributed by atoms with Crippen LogP contribution in [0.1, 0.15) is 10.4 Å². The van der Waals surface area contributed by atoms with Crippen molar-refractivity contribution in [2.75, 3.05) is 38.2 Å². The first-order valence-electron chi connectivity index (χ1n) is 7.58. The minimum Gasteiger partial charge on any atom is -0.497 e. The number of anilines is 1. The van der Waals surface area contributed by atoms with Crippen molar-refractivity contribution in [2.24, 2.45) is 0 Å². The average molecular weight is 366 g/mol. The van der Waals surface area contributed by atoms with E-state index < -0.39 is 0 Å². The van der Waals surface area contributed by atoms with Crippen molar-refractivity contribution in [3.8, 4) is 5.75 Å². The van der Waals surface area contributed by atoms with Crippen LogP contribution in [-0.2, 0) is 0 Å². The van der Waals surface area contributed by atoms with Gasteiger partial charge < -0.3 is 14.5 Å². The van der Waals surface area contributed by atoms with Gasteiger partial charge in [0.1, 0.15) is 11.6 Å². The third-order valence-corrected chi connectivity index (χ3v) is 4.46. The molecule has 3 rings (SSSR count). The second-order valence-corrected chi connectivity index (χ2v) is 6.31. The van der Waals surface area contributed by atoms with Crippen molar-refractivity contribution < 1.29 is 9.53 Å². The summed E-state index contributed by atoms with van der Waals surface area (Å²) in [5, 5.41) is 1.03. The predicted octanol–water partition coefficient (Wildman–Crippen LogP) is 3.36. The van der Waals surface area contributed by atoms with E-state index in [4.69, 9.17) is 27.9 Å². The van der Waals surface area contributed by atoms with Gasteiger partial charge in [-0.15, -0.1) is 0 Å². The third kappa shape index (κ3) is 3.57. The number of halogens is 2. The van der Waals surface area contributed by atoms with E-state index in [2.05, 4.69) is 9.88 Å². The van der Waals surface area contributed by atoms with Gasteiger partial charge in [-0.25, -0.2) is 4.98 Å². The molecular formula is C17H17Cl2N3O2. The first kappa shape index (κ1) is 16.9. The number of amides is 1. The first-order chi connectivity index (χ1) is 11.6. The van der Waals surface area contributed by atoms with Crippen molar-refractivity contribution in [3.05, 3.63) is 52.1 Å². The molecule has 1 fully saturated rings. The summed E-state index contributed by atoms with van der Waals surface area (Å²) in [5.74, 6) is 1.38. The highest BCUT2D eigenvalue weighted by Crippen LogP contribution is 2.27. The van der Waals surface area contributed by atoms with E-state index in [1.165, 1.54) is 0 Å². The highest BCUT2D eigenvalue weighted by Gasteiger charge is 2.24. The van der Waals surface area contributed by atoms with Gasteiger partial charge in [-0.3, -0.25) is 4.79 Å². The van der Waals surface area contributed by atoms with Gasteiger partial charge in [0.2, 0.25) is 0 Å². The van der Waals surface area contributed by atoms with E-state index >= 15 is 0 Å². The van der Waals surface area contributed by atoms with E-state index in [0.717, 1.165) is 0 Å². The number of carbonyl (C=O) groups is 1. The normalized spacial score (nSPS) is 14.6. The number of nitrogens with zero attached hydrogens (tertiary/aromatic N) is 3. The molecule has 1 aromatic heterocycles. The lowest BCUT2D eigenvalue weighted by molar-refractivity contribution is 0.0746. The van der Waals surface area contributed by atoms with E-state index in [0.29, 0.717) is 53.4 Å². The van der Waals surface area contributed by atoms with Crippen LogP contribution in [-0.4, -0.2) is 49.1 Å². The van der Waals surface area contributed by atoms with Gasteiger partial charge in [-0.2, -0.15) is 0 Å². The topological polar surface area (TPSA) is 45.7 Å². The van der Waals surface area contributed by atoms with Gasteiger partial charge in [-0.05, 0) is 24.3 Å². The highest BCUT2D eigenvalue weighted by molar-refractivity contribution is 6.36. The van der Waals surface area contributed by atoms with Crippen LogP contribution >= 0.6 is 23.2 Å². The van der Waals surface area contributed by atoms with Crippen molar-refractivity contribution in [3.63, 3.8) is 0 Å². The molecule has 0 unspecified atom stereocenters. The molecule has 24 heavy (non-hydrogen) atoms. The fourth-order valence-electron chi connectivity index (χ4n) is 2.70. The minimum absolute atomic E-state index is 0.00344. The van der Waals surface area contributed by atoms with Gasteiger partial charge in [-0.1, -0.05) is 29.3 Å². The summed E-state index contributed by atoms with van der Waals surface area (Å²) in [5.41, 5.74) is 0.630. The summed E-state index contributed by atoms with van der Waals surface area (Å²) < 4.78 is 5.18. The number of ether oxygens (including phenoxy) is 1. The second-order valence-electron chi connectivity index (χ2n) is 5.47. The van der Waals surface area contributed by atoms with Crippen LogP contribution in [0.3, 0.4) is 0 Å². The fourth-order valence-corrected chi connectivity index (χ4v) is 3.20. The predicted molar refractivity (Wildman–Crippen MR) is 95.4 cm³/mol. The number of pyridine rings is 1. The second kappa shape index (κ2) is 7.28. The number of benzene rings is 1. The molecule has 0 aliphatic carbocycles. The van der Waals surface area contributed by atoms with Crippen molar-refractivity contribution in [2.45, 2.75) is 0 Å². The summed E-state index contributed by atoms with van der Waals surface area (Å²) in [6, 6.07) is 8.88. The van der Waals surface area contributed by atoms with Crippen LogP contribution < -0.4 is 9.64 Å². The lowest BCUT2D eigenvalue weighted by Gasteiger charge is -2.35. The molecular weight excluding hydrogens is 349 g/mol. The van der Waals surface area contributed by atoms with Gasteiger partial charge in [0.25, 0.3) is 5.91 Å². The Kier molecular flexibility index (Phi) is 5.11. The van der Waals surface area contributed by atoms with E-state index in [1.807, 2.05) is 17.0 Å². The Morgan fingerprint density at radius 3 is 2.58 bits per heavy atom. The van der Waals surface area contributed by atoms with E-state index in [9.17, 15) is 4.79 Å². The zero-order chi connectivity index (χ0) is 17.1. The Hall–Kier alpha value is -1.98. The van der Waals surface area contributed by atoms with Crippen LogP contribution in [0.5, 0.6) is 5.75 Å². The van der Waals surface area contributed by atoms with Crippen LogP contribution in [0.15, 0.2) is 36.5 Å². The molecule has 1 aliphatic heterocycles. The smallest absolute Gasteiger partial charge is 0.254 e. The highest BCUT2D eigenvalue weighted by atomic mass is 35.5. The van der Waals surface area contributed by atoms with Crippen LogP contribution in [0.2, 0.25) is 10.0 Å². The SMILES string of the molecule is COc1cccc(C(=O)N2CCN(c3ncc(Cl)cc3Cl)CC2)c1. The van der Waals surface area contributed by atoms with Crippen LogP contribution in [0.4, 0.5) is 5.82 Å². The first-order valence-corrected chi connectivity index (χ1v) is 8.33. The zero-order valence-corrected chi connectivity index (χ0v) is 14.7. The van der Waals surface area contributed by atoms with Crippen LogP contribution in [0, 0.1) is 0 Å². The molecule has 0 N–H and O–H groups in total. The molecule has 5 nitrogen and oxygen atoms in total. The average Bonchev–Trinajstić information content (AvgIpc) is 2.61. The Bertz CT molecular complexity index is 746. The van der Waals surface area contributed by atoms with Crippen molar-refractivity contribution in [1.29, 1.82) is 0 Å². The molecule has 1 aromatic carbocycles. The fraction of sp³-hybridized carbons (Fsp3) is 0.294. The summed E-state index contributed by atoms with van der Waals surface area (Å²) in [7, 11) is 1.59. The lowest BCUT2D eigenvalue weighted by atomic mass is 10.1. The Morgan fingerprint density at radius 2 is 1.92 bits per heavy atom. The molecule has 0 radical (unpaired) electrons. The summed E-state index contributed by atoms with van der Waals surface area (Å²) in [6.07, 6.45) is 1.58. The molecule has 1 saturated heterocycles. The number of carbonyl (C=O) groups excluding carboxylic acids is 1. The minimum atomic E-state index is 0.00344. The lowest BCUT2D eigenvalue weighted by Crippen LogP contribution is -2.49. The number of rotatable bonds is 3. The van der Waals surface area contributed by atoms with Crippen LogP contribution in [0.25, 0.3) is 0 Å². The van der Waals surface area contributed by atoms with E-state index in [-0.39, 0.29) is 5.91 Å². The molecule has 126 valence electrons. The van der Waals surface area contributed by atoms with Crippen molar-refractivity contribution >= 4 is 34.9 Å². The van der Waals surface area contributed by atoms with E-state index in [1.54, 1.807) is 31.5 Å². The third-order valence-electron chi connectivity index (χ3n) is 3.97. The Labute approximate surface area is 150 Å². The monoisotopic (exact) mass is 365 g/mol. The largest absolute Gasteiger partial charge is 0.497 e. The molecule has 1 amide bonds. The van der Waals surface area contributed by atoms with Gasteiger partial charge in [0.15, 0.2) is 0 Å². The maximum absolute atomic E-state index is 12.6. The molecule has 0 atom stereocenters. The molecule has 7 heteroatoms. The summed E-state index contributed by atoms with van der Waals surface area (Å²) in [6.45, 7) is 2.56. The molecule has 2 heterocycles. The molecule has 2 aromatic rings. The molecule has 0 bridgehead atoms. The van der Waals surface area contributed by atoms with Gasteiger partial charge in [0.05, 0.1) is 17.2 Å². The Morgan fingerprint density at radius 1 is 1.17 bits per heavy atom. The zero-order valence-electron chi connectivity index (χ0n) is 13.2. The standard InChI is InChI=1S/C17H17Cl2N3O2/c1-24-14-4-2-3-12(9-14)17(23)22-7-5-21(6-8-22)16-15(19)10-13(18)11-20-16/h2-4,9-11H,5-8H2,1H3. The number of hydrogen-bond donors (Lipinski definition) is 0. The van der Waals surface area contributed by atoms with Crippen molar-refractivity contribution in [1.82, 2.24) is 9.88 Å². The molecule has 1 aliphatic rings. The number of hydrogen-bond acceptors (Lipinski definition) is 4. The molecule has 0 saturated carbocycles. The van der Waals surface area contributed by atoms with Gasteiger partial charge in [0, 0.05) is 37.9 Å². The van der Waals surface area contributed by atoms with Gasteiger partial charge >= 0.3 is 0 Å². The summed E-state index contributed by atoms with van der Waals surface area (Å²) >= 11 is 12.1. The Balaban J connectivity index is 1.67. The number of piperazine rings is 1.